The number of methoxy groups -OCH3 is 3. The van der Waals surface area contributed by atoms with Gasteiger partial charge in [0.15, 0.2) is 6.23 Å². The molecule has 0 spiro atoms. The molecule has 2 atom stereocenters. The molecule has 200 valence electrons. The molecule has 0 radical (unpaired) electrons. The van der Waals surface area contributed by atoms with Crippen LogP contribution in [0.3, 0.4) is 0 Å². The van der Waals surface area contributed by atoms with Gasteiger partial charge in [0.25, 0.3) is 10.0 Å². The molecule has 11 heteroatoms. The molecular weight excluding hydrogens is 512 g/mol. The Morgan fingerprint density at radius 2 is 1.50 bits per heavy atom. The van der Waals surface area contributed by atoms with Crippen LogP contribution in [0.25, 0.3) is 0 Å². The zero-order valence-corrected chi connectivity index (χ0v) is 21.9. The predicted molar refractivity (Wildman–Crippen MR) is 140 cm³/mol. The number of hydrogen-bond acceptors (Lipinski definition) is 9. The van der Waals surface area contributed by atoms with E-state index in [1.807, 2.05) is 36.4 Å². The van der Waals surface area contributed by atoms with Gasteiger partial charge in [0.1, 0.15) is 11.8 Å². The van der Waals surface area contributed by atoms with Gasteiger partial charge < -0.3 is 24.3 Å². The number of para-hydroxylation sites is 2. The second-order valence-electron chi connectivity index (χ2n) is 8.41. The van der Waals surface area contributed by atoms with Crippen LogP contribution in [-0.2, 0) is 41.9 Å². The zero-order chi connectivity index (χ0) is 27.3. The summed E-state index contributed by atoms with van der Waals surface area (Å²) in [7, 11) is 0.153. The van der Waals surface area contributed by atoms with Crippen LogP contribution in [-0.4, -0.2) is 54.1 Å². The van der Waals surface area contributed by atoms with Crippen LogP contribution in [0, 0.1) is 0 Å². The van der Waals surface area contributed by atoms with Crippen molar-refractivity contribution in [3.63, 3.8) is 0 Å². The minimum Gasteiger partial charge on any atom is -0.497 e. The number of nitrogens with zero attached hydrogens (tertiary/aromatic N) is 1. The van der Waals surface area contributed by atoms with E-state index in [9.17, 15) is 18.0 Å². The van der Waals surface area contributed by atoms with Crippen LogP contribution in [0.15, 0.2) is 77.7 Å². The molecule has 3 aromatic carbocycles. The Morgan fingerprint density at radius 1 is 0.842 bits per heavy atom. The van der Waals surface area contributed by atoms with E-state index < -0.39 is 28.2 Å². The Bertz CT molecular complexity index is 1380. The Morgan fingerprint density at radius 3 is 2.13 bits per heavy atom. The lowest BCUT2D eigenvalue weighted by Crippen LogP contribution is -2.43. The van der Waals surface area contributed by atoms with Gasteiger partial charge in [0.2, 0.25) is 0 Å². The van der Waals surface area contributed by atoms with Crippen LogP contribution < -0.4 is 14.4 Å². The molecule has 2 heterocycles. The summed E-state index contributed by atoms with van der Waals surface area (Å²) in [6.07, 6.45) is 0.0129. The smallest absolute Gasteiger partial charge is 0.497 e. The lowest BCUT2D eigenvalue weighted by molar-refractivity contribution is -0.141. The number of fused-ring (bicyclic) bond motifs is 2. The van der Waals surface area contributed by atoms with E-state index in [4.69, 9.17) is 14.2 Å². The normalized spacial score (nSPS) is 17.2. The van der Waals surface area contributed by atoms with Gasteiger partial charge >= 0.3 is 12.1 Å². The van der Waals surface area contributed by atoms with Gasteiger partial charge in [-0.2, -0.15) is 0 Å². The first-order chi connectivity index (χ1) is 18.3. The highest BCUT2D eigenvalue weighted by Gasteiger charge is 2.42. The van der Waals surface area contributed by atoms with Crippen molar-refractivity contribution in [1.29, 1.82) is 0 Å². The molecule has 0 aliphatic carbocycles. The van der Waals surface area contributed by atoms with Crippen molar-refractivity contribution in [3.8, 4) is 5.75 Å². The first-order valence-electron chi connectivity index (χ1n) is 11.7. The number of carbonyl (C=O) groups excluding carboxylic acids is 2. The van der Waals surface area contributed by atoms with Crippen LogP contribution in [0.1, 0.15) is 11.1 Å². The maximum atomic E-state index is 13.1. The largest absolute Gasteiger partial charge is 0.509 e. The van der Waals surface area contributed by atoms with E-state index in [2.05, 4.69) is 10.1 Å². The zero-order valence-electron chi connectivity index (χ0n) is 21.1. The summed E-state index contributed by atoms with van der Waals surface area (Å²) < 4.78 is 46.6. The predicted octanol–water partition coefficient (Wildman–Crippen LogP) is 3.75. The fraction of sp³-hybridized carbons (Fsp3) is 0.259. The van der Waals surface area contributed by atoms with Gasteiger partial charge in [-0.25, -0.2) is 18.0 Å². The Hall–Kier alpha value is -4.25. The molecule has 2 aliphatic rings. The number of anilines is 2. The van der Waals surface area contributed by atoms with Crippen molar-refractivity contribution in [2.75, 3.05) is 31.0 Å². The summed E-state index contributed by atoms with van der Waals surface area (Å²) in [6, 6.07) is 20.1. The van der Waals surface area contributed by atoms with Gasteiger partial charge in [0.05, 0.1) is 31.9 Å². The topological polar surface area (TPSA) is 120 Å². The fourth-order valence-electron chi connectivity index (χ4n) is 4.33. The average molecular weight is 541 g/mol. The van der Waals surface area contributed by atoms with E-state index >= 15 is 0 Å². The van der Waals surface area contributed by atoms with Crippen LogP contribution in [0.4, 0.5) is 16.2 Å². The highest BCUT2D eigenvalue weighted by atomic mass is 32.2. The third-order valence-electron chi connectivity index (χ3n) is 6.16. The molecule has 0 aromatic heterocycles. The lowest BCUT2D eigenvalue weighted by atomic mass is 10.1. The number of ether oxygens (including phenoxy) is 4. The number of hydrogen-bond donors (Lipinski definition) is 1. The van der Waals surface area contributed by atoms with Crippen LogP contribution >= 0.6 is 0 Å². The SMILES string of the molecule is COC(=O)C1Cc2ccccc2N1S(=O)(=O)c1ccc(OC)cc1.COC(=O)OC1Cc2ccccc2N1. The van der Waals surface area contributed by atoms with Gasteiger partial charge in [-0.05, 0) is 47.5 Å². The first kappa shape index (κ1) is 26.8. The number of rotatable bonds is 5. The highest BCUT2D eigenvalue weighted by Crippen LogP contribution is 2.37. The monoisotopic (exact) mass is 540 g/mol. The summed E-state index contributed by atoms with van der Waals surface area (Å²) in [5.41, 5.74) is 3.47. The quantitative estimate of drug-likeness (QED) is 0.482. The summed E-state index contributed by atoms with van der Waals surface area (Å²) >= 11 is 0. The van der Waals surface area contributed by atoms with E-state index in [-0.39, 0.29) is 17.5 Å². The minimum atomic E-state index is -3.90. The van der Waals surface area contributed by atoms with Gasteiger partial charge in [0, 0.05) is 18.5 Å². The Kier molecular flexibility index (Phi) is 8.06. The average Bonchev–Trinajstić information content (AvgIpc) is 3.54. The number of esters is 1. The van der Waals surface area contributed by atoms with E-state index in [0.717, 1.165) is 21.1 Å². The molecular formula is C27H28N2O8S. The van der Waals surface area contributed by atoms with Gasteiger partial charge in [-0.15, -0.1) is 0 Å². The van der Waals surface area contributed by atoms with Crippen molar-refractivity contribution in [2.24, 2.45) is 0 Å². The van der Waals surface area contributed by atoms with E-state index in [1.165, 1.54) is 33.5 Å². The molecule has 3 aromatic rings. The molecule has 0 amide bonds. The maximum absolute atomic E-state index is 13.1. The van der Waals surface area contributed by atoms with Gasteiger partial charge in [-0.3, -0.25) is 4.31 Å². The highest BCUT2D eigenvalue weighted by molar-refractivity contribution is 7.93. The standard InChI is InChI=1S/C17H17NO5S.C10H11NO3/c1-22-13-7-9-14(10-8-13)24(20,21)18-15-6-4-3-5-12(15)11-16(18)17(19)23-2;1-13-10(12)14-9-6-7-4-2-3-5-8(7)11-9/h3-10,16H,11H2,1-2H3;2-5,9,11H,6H2,1H3. The second kappa shape index (κ2) is 11.4. The summed E-state index contributed by atoms with van der Waals surface area (Å²) in [5, 5.41) is 3.08. The van der Waals surface area contributed by atoms with E-state index in [0.29, 0.717) is 17.9 Å². The summed E-state index contributed by atoms with van der Waals surface area (Å²) in [6.45, 7) is 0. The molecule has 0 saturated carbocycles. The molecule has 0 saturated heterocycles. The molecule has 1 N–H and O–H groups in total. The molecule has 0 fully saturated rings. The Balaban J connectivity index is 0.000000204. The Labute approximate surface area is 221 Å². The third-order valence-corrected chi connectivity index (χ3v) is 8.00. The first-order valence-corrected chi connectivity index (χ1v) is 13.2. The van der Waals surface area contributed by atoms with Crippen molar-refractivity contribution >= 4 is 33.5 Å². The fourth-order valence-corrected chi connectivity index (χ4v) is 5.97. The van der Waals surface area contributed by atoms with Crippen LogP contribution in [0.5, 0.6) is 5.75 Å². The van der Waals surface area contributed by atoms with Crippen molar-refractivity contribution in [3.05, 3.63) is 83.9 Å². The maximum Gasteiger partial charge on any atom is 0.509 e. The molecule has 2 unspecified atom stereocenters. The molecule has 5 rings (SSSR count). The molecule has 2 aliphatic heterocycles. The van der Waals surface area contributed by atoms with Crippen LogP contribution in [0.2, 0.25) is 0 Å². The number of nitrogens with one attached hydrogen (secondary N) is 1. The summed E-state index contributed by atoms with van der Waals surface area (Å²) in [4.78, 5) is 23.0. The van der Waals surface area contributed by atoms with Gasteiger partial charge in [-0.1, -0.05) is 36.4 Å². The molecule has 0 bridgehead atoms. The number of carbonyl (C=O) groups is 2. The van der Waals surface area contributed by atoms with Crippen molar-refractivity contribution in [1.82, 2.24) is 0 Å². The lowest BCUT2D eigenvalue weighted by Gasteiger charge is -2.25. The van der Waals surface area contributed by atoms with Crippen molar-refractivity contribution < 1.29 is 37.0 Å². The van der Waals surface area contributed by atoms with E-state index in [1.54, 1.807) is 24.3 Å². The minimum absolute atomic E-state index is 0.0916. The molecule has 10 nitrogen and oxygen atoms in total. The summed E-state index contributed by atoms with van der Waals surface area (Å²) in [5.74, 6) is -0.0245. The third kappa shape index (κ3) is 5.52. The molecule has 38 heavy (non-hydrogen) atoms. The number of benzene rings is 3. The number of sulfonamides is 1. The second-order valence-corrected chi connectivity index (χ2v) is 10.2. The van der Waals surface area contributed by atoms with Crippen molar-refractivity contribution in [2.45, 2.75) is 30.0 Å².